The minimum absolute atomic E-state index is 0.000510. The van der Waals surface area contributed by atoms with Crippen LogP contribution in [0, 0.1) is 0 Å². The number of carboxylic acids is 1. The van der Waals surface area contributed by atoms with Gasteiger partial charge in [-0.25, -0.2) is 8.42 Å². The highest BCUT2D eigenvalue weighted by molar-refractivity contribution is 7.89. The average Bonchev–Trinajstić information content (AvgIpc) is 2.87. The second-order valence-corrected chi connectivity index (χ2v) is 9.55. The van der Waals surface area contributed by atoms with E-state index in [-0.39, 0.29) is 17.9 Å². The first kappa shape index (κ1) is 28.5. The van der Waals surface area contributed by atoms with E-state index in [1.807, 2.05) is 0 Å². The molecule has 0 aliphatic rings. The van der Waals surface area contributed by atoms with Gasteiger partial charge in [-0.1, -0.05) is 43.7 Å². The summed E-state index contributed by atoms with van der Waals surface area (Å²) < 4.78 is 26.7. The van der Waals surface area contributed by atoms with Gasteiger partial charge in [0.1, 0.15) is 11.9 Å². The number of hydrogen-bond donors (Lipinski definition) is 5. The van der Waals surface area contributed by atoms with E-state index in [0.29, 0.717) is 23.5 Å². The zero-order chi connectivity index (χ0) is 26.6. The molecule has 2 amide bonds. The Morgan fingerprint density at radius 1 is 1.00 bits per heavy atom. The molecule has 0 unspecified atom stereocenters. The van der Waals surface area contributed by atoms with E-state index < -0.39 is 40.4 Å². The third kappa shape index (κ3) is 9.12. The summed E-state index contributed by atoms with van der Waals surface area (Å²) in [5, 5.41) is 14.3. The molecule has 0 saturated heterocycles. The molecule has 0 heterocycles. The number of rotatable bonds is 14. The highest BCUT2D eigenvalue weighted by Gasteiger charge is 2.25. The Bertz CT molecular complexity index is 1170. The van der Waals surface area contributed by atoms with Crippen molar-refractivity contribution >= 4 is 33.6 Å². The van der Waals surface area contributed by atoms with Gasteiger partial charge in [-0.2, -0.15) is 4.72 Å². The summed E-state index contributed by atoms with van der Waals surface area (Å²) in [6.45, 7) is 2.24. The summed E-state index contributed by atoms with van der Waals surface area (Å²) in [5.41, 5.74) is 7.02. The Hall–Kier alpha value is -3.77. The van der Waals surface area contributed by atoms with Crippen molar-refractivity contribution in [2.45, 2.75) is 37.1 Å². The van der Waals surface area contributed by atoms with Gasteiger partial charge in [-0.15, -0.1) is 0 Å². The molecule has 0 fully saturated rings. The highest BCUT2D eigenvalue weighted by atomic mass is 32.2. The molecule has 12 heteroatoms. The first-order valence-corrected chi connectivity index (χ1v) is 12.9. The van der Waals surface area contributed by atoms with Crippen LogP contribution in [0.25, 0.3) is 0 Å². The Kier molecular flexibility index (Phi) is 11.0. The van der Waals surface area contributed by atoms with Crippen molar-refractivity contribution in [2.75, 3.05) is 19.6 Å². The summed E-state index contributed by atoms with van der Waals surface area (Å²) in [4.78, 5) is 40.0. The quantitative estimate of drug-likeness (QED) is 0.140. The lowest BCUT2D eigenvalue weighted by Gasteiger charge is -2.15. The van der Waals surface area contributed by atoms with Crippen LogP contribution in [0.2, 0.25) is 0 Å². The van der Waals surface area contributed by atoms with E-state index in [1.165, 1.54) is 24.3 Å². The van der Waals surface area contributed by atoms with Crippen LogP contribution < -0.4 is 21.1 Å². The Morgan fingerprint density at radius 3 is 2.25 bits per heavy atom. The van der Waals surface area contributed by atoms with Gasteiger partial charge < -0.3 is 21.5 Å². The van der Waals surface area contributed by atoms with Crippen molar-refractivity contribution in [1.82, 2.24) is 15.4 Å². The number of aliphatic imine (C=N–C) groups is 1. The highest BCUT2D eigenvalue weighted by Crippen LogP contribution is 2.08. The number of nitrogens with one attached hydrogen (secondary N) is 3. The molecule has 2 rings (SSSR count). The van der Waals surface area contributed by atoms with E-state index in [2.05, 4.69) is 27.3 Å². The van der Waals surface area contributed by atoms with Crippen molar-refractivity contribution in [3.63, 3.8) is 0 Å². The van der Waals surface area contributed by atoms with Crippen LogP contribution in [0.5, 0.6) is 0 Å². The summed E-state index contributed by atoms with van der Waals surface area (Å²) in [6, 6.07) is 12.3. The van der Waals surface area contributed by atoms with Gasteiger partial charge in [0, 0.05) is 37.2 Å². The smallest absolute Gasteiger partial charge is 0.323 e. The summed E-state index contributed by atoms with van der Waals surface area (Å²) >= 11 is 0. The average molecular weight is 518 g/mol. The minimum atomic E-state index is -4.08. The van der Waals surface area contributed by atoms with Crippen LogP contribution in [-0.4, -0.2) is 62.8 Å². The fraction of sp³-hybridized carbons (Fsp3) is 0.333. The molecule has 0 aliphatic heterocycles. The Balaban J connectivity index is 1.80. The van der Waals surface area contributed by atoms with Crippen LogP contribution in [0.4, 0.5) is 0 Å². The molecule has 0 aromatic heterocycles. The van der Waals surface area contributed by atoms with Crippen molar-refractivity contribution in [3.05, 3.63) is 65.7 Å². The van der Waals surface area contributed by atoms with Crippen LogP contribution in [0.15, 0.2) is 64.5 Å². The van der Waals surface area contributed by atoms with E-state index in [9.17, 15) is 27.9 Å². The summed E-state index contributed by atoms with van der Waals surface area (Å²) in [6.07, 6.45) is 1.83. The maximum Gasteiger partial charge on any atom is 0.323 e. The van der Waals surface area contributed by atoms with E-state index in [1.54, 1.807) is 30.3 Å². The van der Waals surface area contributed by atoms with E-state index >= 15 is 0 Å². The Labute approximate surface area is 210 Å². The second kappa shape index (κ2) is 14.0. The van der Waals surface area contributed by atoms with Crippen LogP contribution in [-0.2, 0) is 19.6 Å². The third-order valence-electron chi connectivity index (χ3n) is 5.03. The van der Waals surface area contributed by atoms with Crippen LogP contribution in [0.1, 0.15) is 42.1 Å². The van der Waals surface area contributed by atoms with Gasteiger partial charge in [0.2, 0.25) is 15.9 Å². The first-order chi connectivity index (χ1) is 17.1. The van der Waals surface area contributed by atoms with Crippen LogP contribution >= 0.6 is 0 Å². The fourth-order valence-electron chi connectivity index (χ4n) is 2.97. The van der Waals surface area contributed by atoms with Gasteiger partial charge in [0.05, 0.1) is 4.90 Å². The molecule has 0 aliphatic carbocycles. The number of sulfonamides is 1. The monoisotopic (exact) mass is 517 g/mol. The predicted molar refractivity (Wildman–Crippen MR) is 135 cm³/mol. The lowest BCUT2D eigenvalue weighted by atomic mass is 10.1. The molecule has 194 valence electrons. The van der Waals surface area contributed by atoms with Gasteiger partial charge in [-0.05, 0) is 30.7 Å². The normalized spacial score (nSPS) is 12.5. The number of benzene rings is 2. The first-order valence-electron chi connectivity index (χ1n) is 11.4. The molecule has 0 saturated carbocycles. The number of hydrogen-bond acceptors (Lipinski definition) is 6. The van der Waals surface area contributed by atoms with Crippen molar-refractivity contribution in [2.24, 2.45) is 10.7 Å². The molecule has 0 spiro atoms. The zero-order valence-corrected chi connectivity index (χ0v) is 20.8. The lowest BCUT2D eigenvalue weighted by molar-refractivity contribution is -0.138. The maximum absolute atomic E-state index is 12.3. The molecule has 0 bridgehead atoms. The fourth-order valence-corrected chi connectivity index (χ4v) is 4.18. The van der Waals surface area contributed by atoms with E-state index in [4.69, 9.17) is 5.73 Å². The summed E-state index contributed by atoms with van der Waals surface area (Å²) in [7, 11) is -4.08. The minimum Gasteiger partial charge on any atom is -0.480 e. The molecule has 0 radical (unpaired) electrons. The summed E-state index contributed by atoms with van der Waals surface area (Å²) in [5.74, 6) is -1.98. The largest absolute Gasteiger partial charge is 0.480 e. The molecule has 36 heavy (non-hydrogen) atoms. The van der Waals surface area contributed by atoms with Gasteiger partial charge in [-0.3, -0.25) is 19.4 Å². The molecule has 6 N–H and O–H groups in total. The molecule has 2 aromatic rings. The molecule has 2 aromatic carbocycles. The maximum atomic E-state index is 12.3. The van der Waals surface area contributed by atoms with E-state index in [0.717, 1.165) is 12.8 Å². The number of amidine groups is 1. The number of aliphatic carboxylic acids is 1. The third-order valence-corrected chi connectivity index (χ3v) is 6.51. The zero-order valence-electron chi connectivity index (χ0n) is 19.9. The second-order valence-electron chi connectivity index (χ2n) is 7.83. The standard InChI is InChI=1S/C24H31N5O6S/c1-2-3-14-26-22(25)17-9-11-18(12-10-17)23(31)27-15-13-21(30)28-16-20(24(32)33)29-36(34,35)19-7-5-4-6-8-19/h4-12,20,29H,2-3,13-16H2,1H3,(H2,25,26)(H,27,31)(H,28,30)(H,32,33)/t20-/m0/s1. The number of nitrogens with two attached hydrogens (primary N) is 1. The molecule has 1 atom stereocenters. The number of carbonyl (C=O) groups is 3. The number of unbranched alkanes of at least 4 members (excludes halogenated alkanes) is 1. The number of carbonyl (C=O) groups excluding carboxylic acids is 2. The SMILES string of the molecule is CCCCN=C(N)c1ccc(C(=O)NCCC(=O)NC[C@H](NS(=O)(=O)c2ccccc2)C(=O)O)cc1. The van der Waals surface area contributed by atoms with Crippen LogP contribution in [0.3, 0.4) is 0 Å². The topological polar surface area (TPSA) is 180 Å². The Morgan fingerprint density at radius 2 is 1.64 bits per heavy atom. The number of amides is 2. The van der Waals surface area contributed by atoms with Gasteiger partial charge in [0.25, 0.3) is 5.91 Å². The van der Waals surface area contributed by atoms with Gasteiger partial charge >= 0.3 is 5.97 Å². The van der Waals surface area contributed by atoms with Crippen molar-refractivity contribution in [3.8, 4) is 0 Å². The van der Waals surface area contributed by atoms with Gasteiger partial charge in [0.15, 0.2) is 0 Å². The number of carboxylic acid groups (broad SMARTS) is 1. The number of nitrogens with zero attached hydrogens (tertiary/aromatic N) is 1. The molecule has 11 nitrogen and oxygen atoms in total. The molecular formula is C24H31N5O6S. The molecular weight excluding hydrogens is 486 g/mol. The predicted octanol–water partition coefficient (Wildman–Crippen LogP) is 0.860. The van der Waals surface area contributed by atoms with Crippen molar-refractivity contribution in [1.29, 1.82) is 0 Å². The van der Waals surface area contributed by atoms with Crippen molar-refractivity contribution < 1.29 is 27.9 Å². The lowest BCUT2D eigenvalue weighted by Crippen LogP contribution is -2.48.